The summed E-state index contributed by atoms with van der Waals surface area (Å²) in [5, 5.41) is 28.3. The molecular weight excluding hydrogens is 635 g/mol. The predicted octanol–water partition coefficient (Wildman–Crippen LogP) is 1.74. The Morgan fingerprint density at radius 2 is 1.62 bits per heavy atom. The molecule has 1 aliphatic rings. The number of aromatic nitrogens is 4. The predicted molar refractivity (Wildman–Crippen MR) is 174 cm³/mol. The van der Waals surface area contributed by atoms with Crippen LogP contribution in [0.1, 0.15) is 67.5 Å². The minimum atomic E-state index is -4.30. The van der Waals surface area contributed by atoms with Crippen LogP contribution in [0.3, 0.4) is 0 Å². The van der Waals surface area contributed by atoms with Gasteiger partial charge < -0.3 is 39.6 Å². The fourth-order valence-electron chi connectivity index (χ4n) is 5.31. The fraction of sp³-hybridized carbons (Fsp3) is 0.759. The number of rotatable bonds is 17. The Hall–Kier alpha value is -2.92. The van der Waals surface area contributed by atoms with Gasteiger partial charge in [-0.2, -0.15) is 9.97 Å². The average molecular weight is 687 g/mol. The highest BCUT2D eigenvalue weighted by Crippen LogP contribution is 2.45. The number of hydrogen-bond acceptors (Lipinski definition) is 14. The Balaban J connectivity index is 1.95. The number of nitrogens with one attached hydrogen (secondary N) is 2. The van der Waals surface area contributed by atoms with E-state index in [1.807, 2.05) is 27.7 Å². The van der Waals surface area contributed by atoms with Gasteiger partial charge in [-0.1, -0.05) is 27.7 Å². The van der Waals surface area contributed by atoms with Crippen molar-refractivity contribution in [3.63, 3.8) is 0 Å². The van der Waals surface area contributed by atoms with Crippen molar-refractivity contribution in [1.82, 2.24) is 29.7 Å². The Labute approximate surface area is 275 Å². The van der Waals surface area contributed by atoms with E-state index in [9.17, 15) is 24.4 Å². The van der Waals surface area contributed by atoms with Gasteiger partial charge in [0.05, 0.1) is 26.1 Å². The molecule has 6 atom stereocenters. The summed E-state index contributed by atoms with van der Waals surface area (Å²) in [5.74, 6) is -0.892. The number of nitrogens with zero attached hydrogens (tertiary/aromatic N) is 5. The molecule has 6 N–H and O–H groups in total. The van der Waals surface area contributed by atoms with Crippen LogP contribution in [0.2, 0.25) is 0 Å². The van der Waals surface area contributed by atoms with Gasteiger partial charge in [-0.25, -0.2) is 15.2 Å². The molecule has 0 saturated carbocycles. The third kappa shape index (κ3) is 9.37. The van der Waals surface area contributed by atoms with Gasteiger partial charge in [0.25, 0.3) is 0 Å². The topological polar surface area (TPSA) is 226 Å². The first-order chi connectivity index (χ1) is 21.9. The molecule has 266 valence electrons. The van der Waals surface area contributed by atoms with E-state index in [4.69, 9.17) is 24.5 Å². The van der Waals surface area contributed by atoms with Crippen LogP contribution in [0.5, 0.6) is 0 Å². The molecule has 2 aromatic heterocycles. The lowest BCUT2D eigenvalue weighted by Gasteiger charge is -2.30. The summed E-state index contributed by atoms with van der Waals surface area (Å²) >= 11 is 0. The Morgan fingerprint density at radius 1 is 1.09 bits per heavy atom. The Morgan fingerprint density at radius 3 is 2.09 bits per heavy atom. The van der Waals surface area contributed by atoms with Crippen molar-refractivity contribution in [2.24, 2.45) is 11.8 Å². The quantitative estimate of drug-likeness (QED) is 0.118. The maximum absolute atomic E-state index is 14.6. The third-order valence-electron chi connectivity index (χ3n) is 7.48. The molecule has 47 heavy (non-hydrogen) atoms. The van der Waals surface area contributed by atoms with Gasteiger partial charge in [-0.15, -0.1) is 0 Å². The first-order valence-electron chi connectivity index (χ1n) is 15.8. The van der Waals surface area contributed by atoms with Crippen LogP contribution in [0.15, 0.2) is 6.33 Å². The SMILES string of the molecule is CCOC(=O)[C@H](CC(C)C)NP(=O)(N[C@@H](CC(C)C)C(=O)OCC)OC[C@H]1O[C@@H](n2cnc3c(N(C)C)nc(N)nc32)C(C)(O)C1O. The molecule has 3 heterocycles. The smallest absolute Gasteiger partial charge is 0.342 e. The van der Waals surface area contributed by atoms with Gasteiger partial charge in [-0.05, 0) is 45.4 Å². The minimum Gasteiger partial charge on any atom is -0.465 e. The number of aliphatic hydroxyl groups is 2. The van der Waals surface area contributed by atoms with Gasteiger partial charge in [0, 0.05) is 14.1 Å². The van der Waals surface area contributed by atoms with E-state index in [0.717, 1.165) is 0 Å². The van der Waals surface area contributed by atoms with E-state index in [1.54, 1.807) is 32.8 Å². The van der Waals surface area contributed by atoms with Gasteiger partial charge >= 0.3 is 19.6 Å². The molecule has 2 unspecified atom stereocenters. The van der Waals surface area contributed by atoms with Crippen molar-refractivity contribution in [2.75, 3.05) is 44.5 Å². The zero-order chi connectivity index (χ0) is 35.3. The van der Waals surface area contributed by atoms with Crippen molar-refractivity contribution in [2.45, 2.75) is 97.4 Å². The molecule has 0 bridgehead atoms. The molecule has 0 radical (unpaired) electrons. The second kappa shape index (κ2) is 16.0. The van der Waals surface area contributed by atoms with E-state index in [-0.39, 0.29) is 49.5 Å². The molecule has 0 amide bonds. The number of nitrogen functional groups attached to an aromatic ring is 1. The number of aliphatic hydroxyl groups excluding tert-OH is 1. The van der Waals surface area contributed by atoms with Gasteiger partial charge in [0.2, 0.25) is 5.95 Å². The zero-order valence-electron chi connectivity index (χ0n) is 28.7. The van der Waals surface area contributed by atoms with Gasteiger partial charge in [0.1, 0.15) is 29.9 Å². The molecule has 1 saturated heterocycles. The van der Waals surface area contributed by atoms with Crippen LogP contribution in [0, 0.1) is 11.8 Å². The zero-order valence-corrected chi connectivity index (χ0v) is 29.6. The van der Waals surface area contributed by atoms with E-state index in [2.05, 4.69) is 25.1 Å². The molecule has 2 aromatic rings. The number of ether oxygens (including phenoxy) is 3. The molecule has 0 aromatic carbocycles. The number of carbonyl (C=O) groups excluding carboxylic acids is 2. The van der Waals surface area contributed by atoms with E-state index in [1.165, 1.54) is 17.8 Å². The summed E-state index contributed by atoms with van der Waals surface area (Å²) in [6.45, 7) is 11.9. The molecule has 1 aliphatic heterocycles. The van der Waals surface area contributed by atoms with E-state index in [0.29, 0.717) is 11.3 Å². The van der Waals surface area contributed by atoms with Crippen molar-refractivity contribution in [3.05, 3.63) is 6.33 Å². The number of anilines is 2. The lowest BCUT2D eigenvalue weighted by atomic mass is 9.96. The fourth-order valence-corrected chi connectivity index (χ4v) is 7.13. The highest BCUT2D eigenvalue weighted by Gasteiger charge is 2.54. The van der Waals surface area contributed by atoms with E-state index < -0.39 is 62.3 Å². The van der Waals surface area contributed by atoms with Crippen LogP contribution in [0.4, 0.5) is 11.8 Å². The molecular formula is C29H51N8O9P. The molecule has 0 spiro atoms. The normalized spacial score (nSPS) is 23.0. The maximum Gasteiger partial charge on any atom is 0.342 e. The van der Waals surface area contributed by atoms with E-state index >= 15 is 0 Å². The van der Waals surface area contributed by atoms with Crippen LogP contribution in [0.25, 0.3) is 11.2 Å². The first-order valence-corrected chi connectivity index (χ1v) is 17.4. The number of fused-ring (bicyclic) bond motifs is 1. The maximum atomic E-state index is 14.6. The standard InChI is InChI=1S/C29H51N8O9P/c1-10-43-25(39)18(12-16(3)4)34-47(42,35-19(13-17(5)6)26(40)44-11-2)45-14-20-22(38)29(7,41)27(46-20)37-15-31-21-23(36(8)9)32-28(30)33-24(21)37/h15-20,22,27,38,41H,10-14H2,1-9H3,(H2,30,32,33)(H2,34,35,42)/t18-,19-,20+,22?,27+,29?/m0/s1. The Bertz CT molecular complexity index is 1380. The number of esters is 2. The lowest BCUT2D eigenvalue weighted by molar-refractivity contribution is -0.146. The van der Waals surface area contributed by atoms with Crippen molar-refractivity contribution >= 4 is 42.5 Å². The number of carbonyl (C=O) groups is 2. The van der Waals surface area contributed by atoms with Crippen molar-refractivity contribution < 1.29 is 43.1 Å². The van der Waals surface area contributed by atoms with Crippen LogP contribution in [-0.4, -0.2) is 105 Å². The summed E-state index contributed by atoms with van der Waals surface area (Å²) in [6.07, 6.45) is -2.11. The summed E-state index contributed by atoms with van der Waals surface area (Å²) in [5.41, 5.74) is 4.70. The van der Waals surface area contributed by atoms with Crippen LogP contribution in [-0.2, 0) is 32.9 Å². The largest absolute Gasteiger partial charge is 0.465 e. The van der Waals surface area contributed by atoms with Crippen LogP contribution >= 0.6 is 7.67 Å². The van der Waals surface area contributed by atoms with Crippen molar-refractivity contribution in [3.8, 4) is 0 Å². The average Bonchev–Trinajstić information content (AvgIpc) is 3.47. The highest BCUT2D eigenvalue weighted by atomic mass is 31.2. The highest BCUT2D eigenvalue weighted by molar-refractivity contribution is 7.54. The second-order valence-electron chi connectivity index (χ2n) is 12.8. The summed E-state index contributed by atoms with van der Waals surface area (Å²) in [6, 6.07) is -2.12. The molecule has 0 aliphatic carbocycles. The summed E-state index contributed by atoms with van der Waals surface area (Å²) < 4.78 is 38.5. The first kappa shape index (κ1) is 38.5. The summed E-state index contributed by atoms with van der Waals surface area (Å²) in [4.78, 5) is 40.4. The molecule has 1 fully saturated rings. The monoisotopic (exact) mass is 686 g/mol. The number of nitrogens with two attached hydrogens (primary N) is 1. The van der Waals surface area contributed by atoms with Gasteiger partial charge in [-0.3, -0.25) is 18.7 Å². The minimum absolute atomic E-state index is 0.00595. The summed E-state index contributed by atoms with van der Waals surface area (Å²) in [7, 11) is -0.769. The number of hydrogen-bond donors (Lipinski definition) is 5. The second-order valence-corrected chi connectivity index (χ2v) is 14.7. The van der Waals surface area contributed by atoms with Crippen LogP contribution < -0.4 is 20.8 Å². The lowest BCUT2D eigenvalue weighted by Crippen LogP contribution is -2.47. The van der Waals surface area contributed by atoms with Gasteiger partial charge in [0.15, 0.2) is 23.2 Å². The molecule has 18 heteroatoms. The molecule has 17 nitrogen and oxygen atoms in total. The molecule has 3 rings (SSSR count). The third-order valence-corrected chi connectivity index (χ3v) is 9.30. The Kier molecular flexibility index (Phi) is 13.1. The number of imidazole rings is 1. The van der Waals surface area contributed by atoms with Crippen molar-refractivity contribution in [1.29, 1.82) is 0 Å².